The zero-order valence-corrected chi connectivity index (χ0v) is 19.7. The first-order valence-electron chi connectivity index (χ1n) is 10.3. The van der Waals surface area contributed by atoms with Crippen molar-refractivity contribution in [3.63, 3.8) is 0 Å². The fourth-order valence-corrected chi connectivity index (χ4v) is 5.42. The van der Waals surface area contributed by atoms with E-state index < -0.39 is 10.0 Å². The average molecular weight is 451 g/mol. The van der Waals surface area contributed by atoms with Crippen LogP contribution in [-0.4, -0.2) is 72.7 Å². The van der Waals surface area contributed by atoms with Crippen molar-refractivity contribution < 1.29 is 13.2 Å². The van der Waals surface area contributed by atoms with Gasteiger partial charge in [-0.3, -0.25) is 9.69 Å². The predicted molar refractivity (Wildman–Crippen MR) is 119 cm³/mol. The Morgan fingerprint density at radius 2 is 1.80 bits per heavy atom. The topological polar surface area (TPSA) is 73.8 Å². The van der Waals surface area contributed by atoms with Crippen molar-refractivity contribution in [1.82, 2.24) is 19.1 Å². The normalized spacial score (nSPS) is 15.9. The van der Waals surface area contributed by atoms with Crippen LogP contribution in [0.15, 0.2) is 34.5 Å². The molecule has 1 saturated heterocycles. The number of benzene rings is 1. The molecule has 0 atom stereocenters. The second kappa shape index (κ2) is 9.55. The maximum absolute atomic E-state index is 12.8. The summed E-state index contributed by atoms with van der Waals surface area (Å²) in [7, 11) is -1.98. The summed E-state index contributed by atoms with van der Waals surface area (Å²) in [6.45, 7) is 9.48. The number of nitrogens with zero attached hydrogens (tertiary/aromatic N) is 4. The van der Waals surface area contributed by atoms with Crippen molar-refractivity contribution in [3.8, 4) is 0 Å². The fourth-order valence-electron chi connectivity index (χ4n) is 3.32. The summed E-state index contributed by atoms with van der Waals surface area (Å²) in [4.78, 5) is 21.8. The molecule has 0 saturated carbocycles. The smallest absolute Gasteiger partial charge is 0.253 e. The highest BCUT2D eigenvalue weighted by molar-refractivity contribution is 7.89. The number of aromatic nitrogens is 1. The van der Waals surface area contributed by atoms with Gasteiger partial charge in [-0.15, -0.1) is 11.3 Å². The van der Waals surface area contributed by atoms with Crippen LogP contribution in [0.2, 0.25) is 0 Å². The van der Waals surface area contributed by atoms with E-state index in [4.69, 9.17) is 0 Å². The highest BCUT2D eigenvalue weighted by atomic mass is 32.2. The van der Waals surface area contributed by atoms with Gasteiger partial charge >= 0.3 is 0 Å². The Morgan fingerprint density at radius 3 is 2.33 bits per heavy atom. The molecule has 164 valence electrons. The molecule has 0 radical (unpaired) electrons. The van der Waals surface area contributed by atoms with Crippen LogP contribution in [0.5, 0.6) is 0 Å². The number of hydrogen-bond donors (Lipinski definition) is 0. The summed E-state index contributed by atoms with van der Waals surface area (Å²) in [5.41, 5.74) is 1.61. The third-order valence-electron chi connectivity index (χ3n) is 5.45. The first kappa shape index (κ1) is 22.9. The summed E-state index contributed by atoms with van der Waals surface area (Å²) in [5.74, 6) is -0.0576. The minimum atomic E-state index is -3.55. The average Bonchev–Trinajstić information content (AvgIpc) is 3.20. The van der Waals surface area contributed by atoms with Crippen LogP contribution in [0.1, 0.15) is 41.8 Å². The Hall–Kier alpha value is -1.81. The molecule has 2 heterocycles. The van der Waals surface area contributed by atoms with Gasteiger partial charge in [0.25, 0.3) is 5.91 Å². The summed E-state index contributed by atoms with van der Waals surface area (Å²) in [6.07, 6.45) is 0.959. The van der Waals surface area contributed by atoms with Gasteiger partial charge in [0.15, 0.2) is 0 Å². The lowest BCUT2D eigenvalue weighted by Gasteiger charge is -2.34. The predicted octanol–water partition coefficient (Wildman–Crippen LogP) is 2.69. The monoisotopic (exact) mass is 450 g/mol. The van der Waals surface area contributed by atoms with Gasteiger partial charge in [-0.25, -0.2) is 13.4 Å². The van der Waals surface area contributed by atoms with Crippen LogP contribution in [0.3, 0.4) is 0 Å². The van der Waals surface area contributed by atoms with Gasteiger partial charge in [-0.2, -0.15) is 4.31 Å². The molecule has 1 aromatic heterocycles. The van der Waals surface area contributed by atoms with E-state index in [0.29, 0.717) is 18.7 Å². The standard InChI is InChI=1S/C21H30N4O3S2/c1-5-20-22-18(15-29-20)14-24-10-12-25(13-11-24)21(26)17-6-8-19(9-7-17)30(27,28)23(4)16(2)3/h6-9,15-16H,5,10-14H2,1-4H3. The van der Waals surface area contributed by atoms with Gasteiger partial charge in [0.05, 0.1) is 15.6 Å². The van der Waals surface area contributed by atoms with E-state index in [9.17, 15) is 13.2 Å². The molecule has 3 rings (SSSR count). The first-order chi connectivity index (χ1) is 14.2. The van der Waals surface area contributed by atoms with E-state index in [1.807, 2.05) is 18.7 Å². The molecule has 0 N–H and O–H groups in total. The van der Waals surface area contributed by atoms with Crippen LogP contribution in [-0.2, 0) is 23.0 Å². The van der Waals surface area contributed by atoms with Gasteiger partial charge in [-0.1, -0.05) is 6.92 Å². The van der Waals surface area contributed by atoms with Gasteiger partial charge in [0, 0.05) is 56.8 Å². The molecule has 0 aliphatic carbocycles. The molecule has 1 fully saturated rings. The van der Waals surface area contributed by atoms with Crippen molar-refractivity contribution in [1.29, 1.82) is 0 Å². The zero-order chi connectivity index (χ0) is 21.9. The molecule has 7 nitrogen and oxygen atoms in total. The van der Waals surface area contributed by atoms with E-state index in [0.717, 1.165) is 36.8 Å². The number of aryl methyl sites for hydroxylation is 1. The lowest BCUT2D eigenvalue weighted by molar-refractivity contribution is 0.0627. The maximum Gasteiger partial charge on any atom is 0.253 e. The number of sulfonamides is 1. The van der Waals surface area contributed by atoms with E-state index in [1.54, 1.807) is 30.5 Å². The Kier molecular flexibility index (Phi) is 7.28. The quantitative estimate of drug-likeness (QED) is 0.648. The molecule has 2 aromatic rings. The number of rotatable bonds is 7. The van der Waals surface area contributed by atoms with Crippen LogP contribution in [0.4, 0.5) is 0 Å². The first-order valence-corrected chi connectivity index (χ1v) is 12.6. The van der Waals surface area contributed by atoms with Gasteiger partial charge in [0.2, 0.25) is 10.0 Å². The Bertz CT molecular complexity index is 962. The molecule has 1 aliphatic rings. The summed E-state index contributed by atoms with van der Waals surface area (Å²) >= 11 is 1.70. The van der Waals surface area contributed by atoms with Gasteiger partial charge in [0.1, 0.15) is 0 Å². The molecule has 1 amide bonds. The molecule has 30 heavy (non-hydrogen) atoms. The van der Waals surface area contributed by atoms with E-state index >= 15 is 0 Å². The van der Waals surface area contributed by atoms with E-state index in [1.165, 1.54) is 16.4 Å². The van der Waals surface area contributed by atoms with Crippen molar-refractivity contribution in [3.05, 3.63) is 45.9 Å². The summed E-state index contributed by atoms with van der Waals surface area (Å²) in [6, 6.07) is 6.12. The molecule has 1 aromatic carbocycles. The molecular formula is C21H30N4O3S2. The second-order valence-corrected chi connectivity index (χ2v) is 10.7. The van der Waals surface area contributed by atoms with E-state index in [-0.39, 0.29) is 16.8 Å². The Balaban J connectivity index is 1.58. The Labute approximate surface area is 183 Å². The summed E-state index contributed by atoms with van der Waals surface area (Å²) < 4.78 is 26.5. The molecular weight excluding hydrogens is 420 g/mol. The number of thiazole rings is 1. The summed E-state index contributed by atoms with van der Waals surface area (Å²) in [5, 5.41) is 3.27. The van der Waals surface area contributed by atoms with Crippen molar-refractivity contribution in [2.45, 2.75) is 44.7 Å². The lowest BCUT2D eigenvalue weighted by Crippen LogP contribution is -2.48. The highest BCUT2D eigenvalue weighted by Crippen LogP contribution is 2.19. The molecule has 0 bridgehead atoms. The third-order valence-corrected chi connectivity index (χ3v) is 8.54. The number of hydrogen-bond acceptors (Lipinski definition) is 6. The minimum Gasteiger partial charge on any atom is -0.336 e. The highest BCUT2D eigenvalue weighted by Gasteiger charge is 2.25. The van der Waals surface area contributed by atoms with Gasteiger partial charge < -0.3 is 4.90 Å². The molecule has 0 unspecified atom stereocenters. The maximum atomic E-state index is 12.8. The van der Waals surface area contributed by atoms with E-state index in [2.05, 4.69) is 22.2 Å². The van der Waals surface area contributed by atoms with Crippen LogP contribution in [0.25, 0.3) is 0 Å². The zero-order valence-electron chi connectivity index (χ0n) is 18.0. The second-order valence-electron chi connectivity index (χ2n) is 7.79. The van der Waals surface area contributed by atoms with Crippen molar-refractivity contribution in [2.24, 2.45) is 0 Å². The van der Waals surface area contributed by atoms with Gasteiger partial charge in [-0.05, 0) is 44.5 Å². The Morgan fingerprint density at radius 1 is 1.17 bits per heavy atom. The third kappa shape index (κ3) is 5.08. The molecule has 1 aliphatic heterocycles. The SMILES string of the molecule is CCc1nc(CN2CCN(C(=O)c3ccc(S(=O)(=O)N(C)C(C)C)cc3)CC2)cs1. The molecule has 0 spiro atoms. The largest absolute Gasteiger partial charge is 0.336 e. The number of carbonyl (C=O) groups is 1. The van der Waals surface area contributed by atoms with Crippen molar-refractivity contribution >= 4 is 27.3 Å². The van der Waals surface area contributed by atoms with Crippen LogP contribution in [0, 0.1) is 0 Å². The molecule has 9 heteroatoms. The number of piperazine rings is 1. The lowest BCUT2D eigenvalue weighted by atomic mass is 10.2. The van der Waals surface area contributed by atoms with Crippen molar-refractivity contribution in [2.75, 3.05) is 33.2 Å². The fraction of sp³-hybridized carbons (Fsp3) is 0.524. The van der Waals surface area contributed by atoms with Crippen LogP contribution >= 0.6 is 11.3 Å². The number of carbonyl (C=O) groups excluding carboxylic acids is 1. The minimum absolute atomic E-state index is 0.0576. The number of amides is 1. The van der Waals surface area contributed by atoms with Crippen LogP contribution < -0.4 is 0 Å².